The molecule has 1 saturated heterocycles. The van der Waals surface area contributed by atoms with E-state index in [1.54, 1.807) is 0 Å². The molecule has 2 fully saturated rings. The molecule has 2 amide bonds. The first-order valence-electron chi connectivity index (χ1n) is 7.74. The molecule has 2 atom stereocenters. The minimum absolute atomic E-state index is 0.0783. The van der Waals surface area contributed by atoms with Crippen LogP contribution in [0.5, 0.6) is 0 Å². The minimum Gasteiger partial charge on any atom is -0.447 e. The van der Waals surface area contributed by atoms with E-state index < -0.39 is 6.09 Å². The predicted molar refractivity (Wildman–Crippen MR) is 77.1 cm³/mol. The van der Waals surface area contributed by atoms with Gasteiger partial charge in [-0.25, -0.2) is 9.69 Å². The summed E-state index contributed by atoms with van der Waals surface area (Å²) in [6.45, 7) is 6.54. The molecule has 0 radical (unpaired) electrons. The molecule has 1 aliphatic carbocycles. The summed E-state index contributed by atoms with van der Waals surface area (Å²) in [6, 6.07) is 0. The van der Waals surface area contributed by atoms with Gasteiger partial charge in [0.1, 0.15) is 6.61 Å². The van der Waals surface area contributed by atoms with Crippen LogP contribution >= 0.6 is 0 Å². The van der Waals surface area contributed by atoms with Crippen molar-refractivity contribution >= 4 is 12.0 Å². The number of carbonyl (C=O) groups excluding carboxylic acids is 2. The predicted octanol–water partition coefficient (Wildman–Crippen LogP) is 3.37. The maximum Gasteiger partial charge on any atom is 0.416 e. The third kappa shape index (κ3) is 3.41. The largest absolute Gasteiger partial charge is 0.447 e. The highest BCUT2D eigenvalue weighted by Crippen LogP contribution is 2.33. The summed E-state index contributed by atoms with van der Waals surface area (Å²) in [5.41, 5.74) is 0. The molecule has 0 aromatic rings. The molecule has 20 heavy (non-hydrogen) atoms. The fraction of sp³-hybridized carbons (Fsp3) is 0.750. The number of amides is 2. The Morgan fingerprint density at radius 2 is 2.15 bits per heavy atom. The van der Waals surface area contributed by atoms with Crippen molar-refractivity contribution in [3.63, 3.8) is 0 Å². The molecule has 1 heterocycles. The van der Waals surface area contributed by atoms with Crippen molar-refractivity contribution in [3.05, 3.63) is 12.7 Å². The van der Waals surface area contributed by atoms with E-state index in [0.29, 0.717) is 19.1 Å². The summed E-state index contributed by atoms with van der Waals surface area (Å²) >= 11 is 0. The van der Waals surface area contributed by atoms with Crippen LogP contribution in [0.25, 0.3) is 0 Å². The fourth-order valence-corrected chi connectivity index (χ4v) is 3.28. The summed E-state index contributed by atoms with van der Waals surface area (Å²) in [5.74, 6) is 0.489. The highest BCUT2D eigenvalue weighted by Gasteiger charge is 2.36. The summed E-state index contributed by atoms with van der Waals surface area (Å²) < 4.78 is 4.88. The zero-order chi connectivity index (χ0) is 14.5. The van der Waals surface area contributed by atoms with Gasteiger partial charge in [-0.15, -0.1) is 6.58 Å². The van der Waals surface area contributed by atoms with Crippen LogP contribution in [0.15, 0.2) is 12.7 Å². The molecule has 2 aliphatic rings. The molecule has 0 N–H and O–H groups in total. The minimum atomic E-state index is -0.486. The standard InChI is InChI=1S/C16H25NO3/c1-3-12(2)14(11-13-7-5-4-6-8-13)15(18)17-9-10-20-16(17)19/h3,12-14H,1,4-11H2,2H3. The lowest BCUT2D eigenvalue weighted by atomic mass is 9.78. The van der Waals surface area contributed by atoms with E-state index in [2.05, 4.69) is 6.58 Å². The van der Waals surface area contributed by atoms with Crippen LogP contribution in [0.2, 0.25) is 0 Å². The van der Waals surface area contributed by atoms with Gasteiger partial charge in [0.25, 0.3) is 0 Å². The lowest BCUT2D eigenvalue weighted by Gasteiger charge is -2.29. The molecular formula is C16H25NO3. The second-order valence-corrected chi connectivity index (χ2v) is 6.05. The van der Waals surface area contributed by atoms with Gasteiger partial charge < -0.3 is 4.74 Å². The molecular weight excluding hydrogens is 254 g/mol. The number of imide groups is 1. The third-order valence-corrected chi connectivity index (χ3v) is 4.66. The lowest BCUT2D eigenvalue weighted by molar-refractivity contribution is -0.133. The van der Waals surface area contributed by atoms with Crippen LogP contribution in [0.1, 0.15) is 45.4 Å². The van der Waals surface area contributed by atoms with E-state index in [9.17, 15) is 9.59 Å². The first kappa shape index (κ1) is 15.1. The Morgan fingerprint density at radius 1 is 1.45 bits per heavy atom. The smallest absolute Gasteiger partial charge is 0.416 e. The number of hydrogen-bond donors (Lipinski definition) is 0. The average Bonchev–Trinajstić information content (AvgIpc) is 2.90. The fourth-order valence-electron chi connectivity index (χ4n) is 3.28. The van der Waals surface area contributed by atoms with Crippen LogP contribution in [0, 0.1) is 17.8 Å². The normalized spacial score (nSPS) is 23.2. The molecule has 0 aromatic heterocycles. The van der Waals surface area contributed by atoms with Crippen LogP contribution in [-0.4, -0.2) is 30.1 Å². The highest BCUT2D eigenvalue weighted by molar-refractivity contribution is 5.94. The topological polar surface area (TPSA) is 46.6 Å². The number of nitrogens with zero attached hydrogens (tertiary/aromatic N) is 1. The van der Waals surface area contributed by atoms with Gasteiger partial charge in [-0.3, -0.25) is 4.79 Å². The first-order chi connectivity index (χ1) is 9.63. The lowest BCUT2D eigenvalue weighted by Crippen LogP contribution is -2.39. The number of ether oxygens (including phenoxy) is 1. The van der Waals surface area contributed by atoms with Crippen LogP contribution in [-0.2, 0) is 9.53 Å². The number of carbonyl (C=O) groups is 2. The molecule has 0 spiro atoms. The molecule has 2 unspecified atom stereocenters. The average molecular weight is 279 g/mol. The maximum atomic E-state index is 12.6. The van der Waals surface area contributed by atoms with Gasteiger partial charge in [0.05, 0.1) is 6.54 Å². The Kier molecular flexibility index (Phi) is 5.21. The number of rotatable bonds is 5. The van der Waals surface area contributed by atoms with Crippen molar-refractivity contribution in [1.82, 2.24) is 4.90 Å². The molecule has 2 rings (SSSR count). The van der Waals surface area contributed by atoms with Crippen molar-refractivity contribution in [1.29, 1.82) is 0 Å². The molecule has 112 valence electrons. The first-order valence-corrected chi connectivity index (χ1v) is 7.74. The SMILES string of the molecule is C=CC(C)C(CC1CCCCC1)C(=O)N1CCOC1=O. The molecule has 1 aliphatic heterocycles. The van der Waals surface area contributed by atoms with E-state index >= 15 is 0 Å². The zero-order valence-electron chi connectivity index (χ0n) is 12.3. The van der Waals surface area contributed by atoms with Crippen LogP contribution < -0.4 is 0 Å². The monoisotopic (exact) mass is 279 g/mol. The van der Waals surface area contributed by atoms with E-state index in [0.717, 1.165) is 6.42 Å². The second kappa shape index (κ2) is 6.91. The Labute approximate surface area is 121 Å². The summed E-state index contributed by atoms with van der Waals surface area (Å²) in [4.78, 5) is 25.5. The summed E-state index contributed by atoms with van der Waals surface area (Å²) in [5, 5.41) is 0. The van der Waals surface area contributed by atoms with Gasteiger partial charge in [0, 0.05) is 5.92 Å². The van der Waals surface area contributed by atoms with Crippen LogP contribution in [0.4, 0.5) is 4.79 Å². The van der Waals surface area contributed by atoms with Gasteiger partial charge in [-0.1, -0.05) is 45.1 Å². The highest BCUT2D eigenvalue weighted by atomic mass is 16.6. The van der Waals surface area contributed by atoms with Crippen molar-refractivity contribution in [2.45, 2.75) is 45.4 Å². The summed E-state index contributed by atoms with van der Waals surface area (Å²) in [7, 11) is 0. The maximum absolute atomic E-state index is 12.6. The number of hydrogen-bond acceptors (Lipinski definition) is 3. The third-order valence-electron chi connectivity index (χ3n) is 4.66. The van der Waals surface area contributed by atoms with Gasteiger partial charge in [-0.05, 0) is 18.3 Å². The van der Waals surface area contributed by atoms with Gasteiger partial charge >= 0.3 is 6.09 Å². The van der Waals surface area contributed by atoms with E-state index in [1.165, 1.54) is 37.0 Å². The molecule has 0 bridgehead atoms. The number of cyclic esters (lactones) is 1. The Hall–Kier alpha value is -1.32. The Bertz CT molecular complexity index is 374. The summed E-state index contributed by atoms with van der Waals surface area (Å²) in [6.07, 6.45) is 8.46. The van der Waals surface area contributed by atoms with Crippen molar-refractivity contribution in [2.24, 2.45) is 17.8 Å². The number of allylic oxidation sites excluding steroid dienone is 1. The molecule has 0 aromatic carbocycles. The van der Waals surface area contributed by atoms with Gasteiger partial charge in [-0.2, -0.15) is 0 Å². The van der Waals surface area contributed by atoms with E-state index in [-0.39, 0.29) is 17.7 Å². The second-order valence-electron chi connectivity index (χ2n) is 6.05. The zero-order valence-corrected chi connectivity index (χ0v) is 12.3. The van der Waals surface area contributed by atoms with Crippen molar-refractivity contribution in [3.8, 4) is 0 Å². The van der Waals surface area contributed by atoms with E-state index in [1.807, 2.05) is 13.0 Å². The van der Waals surface area contributed by atoms with Crippen molar-refractivity contribution < 1.29 is 14.3 Å². The Balaban J connectivity index is 2.03. The van der Waals surface area contributed by atoms with Gasteiger partial charge in [0.15, 0.2) is 0 Å². The van der Waals surface area contributed by atoms with E-state index in [4.69, 9.17) is 4.74 Å². The quantitative estimate of drug-likeness (QED) is 0.725. The molecule has 1 saturated carbocycles. The van der Waals surface area contributed by atoms with Crippen molar-refractivity contribution in [2.75, 3.05) is 13.2 Å². The van der Waals surface area contributed by atoms with Gasteiger partial charge in [0.2, 0.25) is 5.91 Å². The Morgan fingerprint density at radius 3 is 2.70 bits per heavy atom. The van der Waals surface area contributed by atoms with Crippen LogP contribution in [0.3, 0.4) is 0 Å². The molecule has 4 heteroatoms. The molecule has 4 nitrogen and oxygen atoms in total.